The zero-order valence-corrected chi connectivity index (χ0v) is 12.4. The second-order valence-corrected chi connectivity index (χ2v) is 5.69. The first kappa shape index (κ1) is 15.4. The first-order chi connectivity index (χ1) is 9.60. The van der Waals surface area contributed by atoms with Crippen LogP contribution in [0.1, 0.15) is 38.7 Å². The quantitative estimate of drug-likeness (QED) is 0.911. The summed E-state index contributed by atoms with van der Waals surface area (Å²) in [7, 11) is 0. The van der Waals surface area contributed by atoms with Gasteiger partial charge in [0, 0.05) is 24.2 Å². The maximum absolute atomic E-state index is 13.8. The molecule has 0 spiro atoms. The number of nitrogens with zero attached hydrogens (tertiary/aromatic N) is 1. The fraction of sp³-hybridized carbons (Fsp3) is 0.625. The maximum Gasteiger partial charge on any atom is 0.163 e. The Morgan fingerprint density at radius 1 is 1.25 bits per heavy atom. The maximum atomic E-state index is 13.8. The van der Waals surface area contributed by atoms with Crippen LogP contribution in [0.4, 0.5) is 8.78 Å². The summed E-state index contributed by atoms with van der Waals surface area (Å²) in [6.45, 7) is 7.64. The third-order valence-electron chi connectivity index (χ3n) is 4.46. The fourth-order valence-corrected chi connectivity index (χ4v) is 2.99. The van der Waals surface area contributed by atoms with Crippen molar-refractivity contribution in [1.82, 2.24) is 10.2 Å². The van der Waals surface area contributed by atoms with Crippen molar-refractivity contribution in [1.29, 1.82) is 0 Å². The molecule has 1 saturated heterocycles. The Hall–Kier alpha value is -1.00. The molecule has 1 aromatic carbocycles. The first-order valence-electron chi connectivity index (χ1n) is 7.50. The third-order valence-corrected chi connectivity index (χ3v) is 4.46. The summed E-state index contributed by atoms with van der Waals surface area (Å²) in [5.74, 6) is -1.46. The molecule has 2 rings (SSSR count). The number of hydrogen-bond acceptors (Lipinski definition) is 2. The van der Waals surface area contributed by atoms with Gasteiger partial charge in [0.1, 0.15) is 0 Å². The normalized spacial score (nSPS) is 19.8. The number of nitrogens with one attached hydrogen (secondary N) is 1. The molecule has 0 bridgehead atoms. The topological polar surface area (TPSA) is 15.3 Å². The van der Waals surface area contributed by atoms with Gasteiger partial charge < -0.3 is 5.32 Å². The lowest BCUT2D eigenvalue weighted by Gasteiger charge is -2.35. The van der Waals surface area contributed by atoms with Gasteiger partial charge in [-0.15, -0.1) is 0 Å². The van der Waals surface area contributed by atoms with Crippen molar-refractivity contribution < 1.29 is 8.78 Å². The predicted octanol–water partition coefficient (Wildman–Crippen LogP) is 3.32. The van der Waals surface area contributed by atoms with Crippen LogP contribution >= 0.6 is 0 Å². The summed E-state index contributed by atoms with van der Waals surface area (Å²) < 4.78 is 27.1. The average molecular weight is 282 g/mol. The van der Waals surface area contributed by atoms with Crippen LogP contribution in [-0.4, -0.2) is 30.1 Å². The standard InChI is InChI=1S/C16H24F2N2/c1-3-16(4-2)12-20(10-6-9-19-16)11-13-7-5-8-14(17)15(13)18/h5,7-8,19H,3-4,6,9-12H2,1-2H3. The molecule has 1 aliphatic rings. The van der Waals surface area contributed by atoms with E-state index in [1.807, 2.05) is 0 Å². The van der Waals surface area contributed by atoms with E-state index in [1.54, 1.807) is 12.1 Å². The molecule has 1 aliphatic heterocycles. The lowest BCUT2D eigenvalue weighted by atomic mass is 9.92. The molecular formula is C16H24F2N2. The van der Waals surface area contributed by atoms with Crippen LogP contribution < -0.4 is 5.32 Å². The Morgan fingerprint density at radius 2 is 2.00 bits per heavy atom. The predicted molar refractivity (Wildman–Crippen MR) is 77.6 cm³/mol. The highest BCUT2D eigenvalue weighted by Crippen LogP contribution is 2.22. The summed E-state index contributed by atoms with van der Waals surface area (Å²) in [5, 5.41) is 3.63. The van der Waals surface area contributed by atoms with E-state index in [-0.39, 0.29) is 5.54 Å². The van der Waals surface area contributed by atoms with Crippen LogP contribution in [0.3, 0.4) is 0 Å². The average Bonchev–Trinajstić information content (AvgIpc) is 2.67. The molecule has 0 amide bonds. The van der Waals surface area contributed by atoms with E-state index in [0.717, 1.165) is 38.9 Å². The van der Waals surface area contributed by atoms with Crippen molar-refractivity contribution >= 4 is 0 Å². The van der Waals surface area contributed by atoms with E-state index in [4.69, 9.17) is 0 Å². The molecular weight excluding hydrogens is 258 g/mol. The van der Waals surface area contributed by atoms with Gasteiger partial charge in [0.2, 0.25) is 0 Å². The number of benzene rings is 1. The molecule has 0 aliphatic carbocycles. The summed E-state index contributed by atoms with van der Waals surface area (Å²) in [4.78, 5) is 2.24. The number of rotatable bonds is 4. The monoisotopic (exact) mass is 282 g/mol. The minimum absolute atomic E-state index is 0.0975. The molecule has 1 fully saturated rings. The van der Waals surface area contributed by atoms with Crippen molar-refractivity contribution in [2.45, 2.75) is 45.2 Å². The lowest BCUT2D eigenvalue weighted by molar-refractivity contribution is 0.189. The van der Waals surface area contributed by atoms with Crippen molar-refractivity contribution in [3.05, 3.63) is 35.4 Å². The Labute approximate surface area is 120 Å². The minimum Gasteiger partial charge on any atom is -0.310 e. The Morgan fingerprint density at radius 3 is 2.70 bits per heavy atom. The molecule has 0 radical (unpaired) electrons. The van der Waals surface area contributed by atoms with Crippen molar-refractivity contribution in [3.8, 4) is 0 Å². The van der Waals surface area contributed by atoms with Gasteiger partial charge in [0.05, 0.1) is 0 Å². The van der Waals surface area contributed by atoms with Crippen LogP contribution in [0, 0.1) is 11.6 Å². The highest BCUT2D eigenvalue weighted by Gasteiger charge is 2.30. The zero-order chi connectivity index (χ0) is 14.6. The summed E-state index contributed by atoms with van der Waals surface area (Å²) in [6.07, 6.45) is 3.13. The van der Waals surface area contributed by atoms with Gasteiger partial charge in [0.15, 0.2) is 11.6 Å². The molecule has 2 nitrogen and oxygen atoms in total. The molecule has 1 heterocycles. The van der Waals surface area contributed by atoms with Gasteiger partial charge in [-0.3, -0.25) is 4.90 Å². The van der Waals surface area contributed by atoms with Crippen LogP contribution in [0.25, 0.3) is 0 Å². The molecule has 0 atom stereocenters. The van der Waals surface area contributed by atoms with E-state index in [1.165, 1.54) is 6.07 Å². The van der Waals surface area contributed by atoms with Crippen LogP contribution in [0.2, 0.25) is 0 Å². The van der Waals surface area contributed by atoms with Crippen LogP contribution in [-0.2, 0) is 6.54 Å². The highest BCUT2D eigenvalue weighted by molar-refractivity contribution is 5.19. The number of hydrogen-bond donors (Lipinski definition) is 1. The third kappa shape index (κ3) is 3.36. The SMILES string of the molecule is CCC1(CC)CN(Cc2cccc(F)c2F)CCCN1. The van der Waals surface area contributed by atoms with Gasteiger partial charge in [-0.1, -0.05) is 26.0 Å². The largest absolute Gasteiger partial charge is 0.310 e. The molecule has 1 aromatic rings. The van der Waals surface area contributed by atoms with E-state index < -0.39 is 11.6 Å². The second-order valence-electron chi connectivity index (χ2n) is 5.69. The fourth-order valence-electron chi connectivity index (χ4n) is 2.99. The molecule has 1 N–H and O–H groups in total. The van der Waals surface area contributed by atoms with Crippen molar-refractivity contribution in [3.63, 3.8) is 0 Å². The Balaban J connectivity index is 2.13. The van der Waals surface area contributed by atoms with E-state index in [0.29, 0.717) is 12.1 Å². The van der Waals surface area contributed by atoms with E-state index >= 15 is 0 Å². The lowest BCUT2D eigenvalue weighted by Crippen LogP contribution is -2.50. The summed E-state index contributed by atoms with van der Waals surface area (Å²) in [5.41, 5.74) is 0.549. The van der Waals surface area contributed by atoms with Crippen LogP contribution in [0.5, 0.6) is 0 Å². The van der Waals surface area contributed by atoms with Gasteiger partial charge >= 0.3 is 0 Å². The van der Waals surface area contributed by atoms with Gasteiger partial charge in [0.25, 0.3) is 0 Å². The smallest absolute Gasteiger partial charge is 0.163 e. The van der Waals surface area contributed by atoms with Gasteiger partial charge in [-0.05, 0) is 38.4 Å². The Bertz CT molecular complexity index is 444. The molecule has 112 valence electrons. The molecule has 20 heavy (non-hydrogen) atoms. The first-order valence-corrected chi connectivity index (χ1v) is 7.50. The molecule has 0 saturated carbocycles. The van der Waals surface area contributed by atoms with Gasteiger partial charge in [-0.25, -0.2) is 8.78 Å². The van der Waals surface area contributed by atoms with E-state index in [2.05, 4.69) is 24.1 Å². The van der Waals surface area contributed by atoms with E-state index in [9.17, 15) is 8.78 Å². The minimum atomic E-state index is -0.757. The molecule has 0 unspecified atom stereocenters. The zero-order valence-electron chi connectivity index (χ0n) is 12.4. The molecule has 0 aromatic heterocycles. The van der Waals surface area contributed by atoms with Crippen molar-refractivity contribution in [2.75, 3.05) is 19.6 Å². The Kier molecular flexibility index (Phi) is 5.11. The summed E-state index contributed by atoms with van der Waals surface area (Å²) >= 11 is 0. The number of halogens is 2. The molecule has 4 heteroatoms. The van der Waals surface area contributed by atoms with Gasteiger partial charge in [-0.2, -0.15) is 0 Å². The van der Waals surface area contributed by atoms with Crippen LogP contribution in [0.15, 0.2) is 18.2 Å². The highest BCUT2D eigenvalue weighted by atomic mass is 19.2. The second kappa shape index (κ2) is 6.64. The van der Waals surface area contributed by atoms with Crippen molar-refractivity contribution in [2.24, 2.45) is 0 Å². The summed E-state index contributed by atoms with van der Waals surface area (Å²) in [6, 6.07) is 4.43.